The lowest BCUT2D eigenvalue weighted by molar-refractivity contribution is -0.119. The Morgan fingerprint density at radius 3 is 2.59 bits per heavy atom. The second-order valence-electron chi connectivity index (χ2n) is 7.56. The number of carbonyl (C=O) groups excluding carboxylic acids is 1. The van der Waals surface area contributed by atoms with Gasteiger partial charge in [-0.25, -0.2) is 8.42 Å². The van der Waals surface area contributed by atoms with Gasteiger partial charge in [-0.1, -0.05) is 54.1 Å². The van der Waals surface area contributed by atoms with Crippen LogP contribution in [0.1, 0.15) is 24.0 Å². The van der Waals surface area contributed by atoms with Gasteiger partial charge in [-0.3, -0.25) is 4.79 Å². The van der Waals surface area contributed by atoms with E-state index in [4.69, 9.17) is 0 Å². The second kappa shape index (κ2) is 7.61. The highest BCUT2D eigenvalue weighted by molar-refractivity contribution is 7.89. The van der Waals surface area contributed by atoms with Crippen LogP contribution in [0.4, 0.5) is 5.69 Å². The summed E-state index contributed by atoms with van der Waals surface area (Å²) < 4.78 is 28.3. The van der Waals surface area contributed by atoms with E-state index < -0.39 is 16.1 Å². The average molecular weight is 409 g/mol. The van der Waals surface area contributed by atoms with Crippen LogP contribution in [0.3, 0.4) is 0 Å². The molecule has 0 aromatic heterocycles. The minimum atomic E-state index is -3.80. The smallest absolute Gasteiger partial charge is 0.244 e. The number of fused-ring (bicyclic) bond motifs is 1. The Morgan fingerprint density at radius 2 is 1.79 bits per heavy atom. The highest BCUT2D eigenvalue weighted by Crippen LogP contribution is 2.31. The fourth-order valence-corrected chi connectivity index (χ4v) is 5.88. The Kier molecular flexibility index (Phi) is 5.15. The molecule has 1 atom stereocenters. The molecule has 1 saturated heterocycles. The summed E-state index contributed by atoms with van der Waals surface area (Å²) >= 11 is 0. The van der Waals surface area contributed by atoms with Gasteiger partial charge in [0.25, 0.3) is 0 Å². The summed E-state index contributed by atoms with van der Waals surface area (Å²) in [5.41, 5.74) is 2.79. The maximum absolute atomic E-state index is 13.5. The third-order valence-electron chi connectivity index (χ3n) is 5.48. The van der Waals surface area contributed by atoms with Gasteiger partial charge in [0, 0.05) is 17.6 Å². The van der Waals surface area contributed by atoms with Crippen molar-refractivity contribution in [3.63, 3.8) is 0 Å². The summed E-state index contributed by atoms with van der Waals surface area (Å²) in [6, 6.07) is 17.8. The van der Waals surface area contributed by atoms with E-state index in [1.54, 1.807) is 12.1 Å². The first-order valence-electron chi connectivity index (χ1n) is 9.75. The first-order valence-corrected chi connectivity index (χ1v) is 11.2. The molecule has 1 amide bonds. The molecule has 6 heteroatoms. The molecule has 5 nitrogen and oxygen atoms in total. The first kappa shape index (κ1) is 19.6. The predicted octanol–water partition coefficient (Wildman–Crippen LogP) is 4.25. The molecule has 1 heterocycles. The summed E-state index contributed by atoms with van der Waals surface area (Å²) in [6.07, 6.45) is 1.18. The van der Waals surface area contributed by atoms with Crippen LogP contribution in [0.5, 0.6) is 0 Å². The molecule has 29 heavy (non-hydrogen) atoms. The number of hydrogen-bond acceptors (Lipinski definition) is 3. The molecule has 1 unspecified atom stereocenters. The molecule has 0 spiro atoms. The Labute approximate surface area is 171 Å². The van der Waals surface area contributed by atoms with Gasteiger partial charge in [-0.2, -0.15) is 4.31 Å². The summed E-state index contributed by atoms with van der Waals surface area (Å²) in [6.45, 7) is 4.27. The number of nitrogens with zero attached hydrogens (tertiary/aromatic N) is 1. The van der Waals surface area contributed by atoms with Crippen molar-refractivity contribution >= 4 is 32.4 Å². The van der Waals surface area contributed by atoms with Crippen molar-refractivity contribution in [2.75, 3.05) is 11.9 Å². The average Bonchev–Trinajstić information content (AvgIpc) is 3.20. The molecule has 0 saturated carbocycles. The van der Waals surface area contributed by atoms with Gasteiger partial charge in [0.2, 0.25) is 15.9 Å². The number of benzene rings is 3. The maximum atomic E-state index is 13.5. The Morgan fingerprint density at radius 1 is 1.03 bits per heavy atom. The third kappa shape index (κ3) is 3.66. The van der Waals surface area contributed by atoms with E-state index in [1.807, 2.05) is 62.4 Å². The molecular weight excluding hydrogens is 384 g/mol. The van der Waals surface area contributed by atoms with E-state index in [0.717, 1.165) is 22.2 Å². The van der Waals surface area contributed by atoms with Gasteiger partial charge in [-0.05, 0) is 49.8 Å². The fraction of sp³-hybridized carbons (Fsp3) is 0.261. The SMILES string of the molecule is Cc1ccc(NC(=O)C2CCCN2S(=O)(=O)c2cccc3ccccc23)c(C)c1. The Bertz CT molecular complexity index is 1180. The van der Waals surface area contributed by atoms with Crippen molar-refractivity contribution < 1.29 is 13.2 Å². The van der Waals surface area contributed by atoms with Gasteiger partial charge >= 0.3 is 0 Å². The number of sulfonamides is 1. The summed E-state index contributed by atoms with van der Waals surface area (Å²) in [4.78, 5) is 13.2. The minimum Gasteiger partial charge on any atom is -0.324 e. The van der Waals surface area contributed by atoms with Crippen molar-refractivity contribution in [3.8, 4) is 0 Å². The van der Waals surface area contributed by atoms with Crippen LogP contribution < -0.4 is 5.32 Å². The minimum absolute atomic E-state index is 0.252. The molecule has 0 radical (unpaired) electrons. The standard InChI is InChI=1S/C23H24N2O3S/c1-16-12-13-20(17(2)15-16)24-23(26)21-10-6-14-25(21)29(27,28)22-11-5-8-18-7-3-4-9-19(18)22/h3-5,7-9,11-13,15,21H,6,10,14H2,1-2H3,(H,24,26). The van der Waals surface area contributed by atoms with Crippen molar-refractivity contribution in [1.82, 2.24) is 4.31 Å². The van der Waals surface area contributed by atoms with Crippen LogP contribution in [0, 0.1) is 13.8 Å². The van der Waals surface area contributed by atoms with Crippen molar-refractivity contribution in [3.05, 3.63) is 71.8 Å². The molecule has 3 aromatic carbocycles. The topological polar surface area (TPSA) is 66.5 Å². The zero-order chi connectivity index (χ0) is 20.6. The maximum Gasteiger partial charge on any atom is 0.244 e. The second-order valence-corrected chi connectivity index (χ2v) is 9.42. The molecule has 150 valence electrons. The van der Waals surface area contributed by atoms with Crippen molar-refractivity contribution in [1.29, 1.82) is 0 Å². The van der Waals surface area contributed by atoms with E-state index in [0.29, 0.717) is 24.8 Å². The number of carbonyl (C=O) groups is 1. The van der Waals surface area contributed by atoms with Gasteiger partial charge < -0.3 is 5.32 Å². The van der Waals surface area contributed by atoms with E-state index in [9.17, 15) is 13.2 Å². The van der Waals surface area contributed by atoms with Crippen LogP contribution in [-0.4, -0.2) is 31.2 Å². The number of anilines is 1. The molecule has 3 aromatic rings. The van der Waals surface area contributed by atoms with E-state index in [2.05, 4.69) is 5.32 Å². The van der Waals surface area contributed by atoms with E-state index >= 15 is 0 Å². The van der Waals surface area contributed by atoms with Gasteiger partial charge in [-0.15, -0.1) is 0 Å². The normalized spacial score (nSPS) is 17.5. The Balaban J connectivity index is 1.66. The van der Waals surface area contributed by atoms with Crippen LogP contribution in [0.2, 0.25) is 0 Å². The fourth-order valence-electron chi connectivity index (χ4n) is 4.01. The highest BCUT2D eigenvalue weighted by Gasteiger charge is 2.40. The van der Waals surface area contributed by atoms with Crippen molar-refractivity contribution in [2.45, 2.75) is 37.6 Å². The lowest BCUT2D eigenvalue weighted by atomic mass is 10.1. The van der Waals surface area contributed by atoms with Crippen LogP contribution in [-0.2, 0) is 14.8 Å². The van der Waals surface area contributed by atoms with Gasteiger partial charge in [0.15, 0.2) is 0 Å². The molecule has 4 rings (SSSR count). The molecular formula is C23H24N2O3S. The van der Waals surface area contributed by atoms with E-state index in [-0.39, 0.29) is 10.8 Å². The first-order chi connectivity index (χ1) is 13.9. The summed E-state index contributed by atoms with van der Waals surface area (Å²) in [5.74, 6) is -0.279. The number of aryl methyl sites for hydroxylation is 2. The molecule has 0 aliphatic carbocycles. The predicted molar refractivity (Wildman–Crippen MR) is 115 cm³/mol. The molecule has 0 bridgehead atoms. The Hall–Kier alpha value is -2.70. The quantitative estimate of drug-likeness (QED) is 0.702. The lowest BCUT2D eigenvalue weighted by Gasteiger charge is -2.24. The highest BCUT2D eigenvalue weighted by atomic mass is 32.2. The summed E-state index contributed by atoms with van der Waals surface area (Å²) in [7, 11) is -3.80. The van der Waals surface area contributed by atoms with Crippen LogP contribution in [0.25, 0.3) is 10.8 Å². The largest absolute Gasteiger partial charge is 0.324 e. The molecule has 1 aliphatic rings. The lowest BCUT2D eigenvalue weighted by Crippen LogP contribution is -2.43. The van der Waals surface area contributed by atoms with Crippen LogP contribution in [0.15, 0.2) is 65.6 Å². The number of rotatable bonds is 4. The summed E-state index contributed by atoms with van der Waals surface area (Å²) in [5, 5.41) is 4.47. The van der Waals surface area contributed by atoms with E-state index in [1.165, 1.54) is 4.31 Å². The number of amides is 1. The number of hydrogen-bond donors (Lipinski definition) is 1. The van der Waals surface area contributed by atoms with Crippen molar-refractivity contribution in [2.24, 2.45) is 0 Å². The molecule has 1 aliphatic heterocycles. The van der Waals surface area contributed by atoms with Crippen LogP contribution >= 0.6 is 0 Å². The third-order valence-corrected chi connectivity index (χ3v) is 7.45. The zero-order valence-electron chi connectivity index (χ0n) is 16.6. The molecule has 1 N–H and O–H groups in total. The number of nitrogens with one attached hydrogen (secondary N) is 1. The van der Waals surface area contributed by atoms with Gasteiger partial charge in [0.1, 0.15) is 6.04 Å². The molecule has 1 fully saturated rings. The zero-order valence-corrected chi connectivity index (χ0v) is 17.4. The van der Waals surface area contributed by atoms with Gasteiger partial charge in [0.05, 0.1) is 4.90 Å². The monoisotopic (exact) mass is 408 g/mol.